The fourth-order valence-electron chi connectivity index (χ4n) is 2.58. The van der Waals surface area contributed by atoms with Crippen molar-refractivity contribution in [2.45, 2.75) is 31.2 Å². The van der Waals surface area contributed by atoms with E-state index in [0.717, 1.165) is 31.6 Å². The number of rotatable bonds is 1. The molecule has 0 bridgehead atoms. The number of benzene rings is 1. The Bertz CT molecular complexity index is 416. The number of ether oxygens (including phenoxy) is 1. The molecule has 1 unspecified atom stereocenters. The van der Waals surface area contributed by atoms with Gasteiger partial charge in [0.05, 0.1) is 6.61 Å². The fraction of sp³-hybridized carbons (Fsp3) is 0.429. The molecule has 2 aliphatic rings. The van der Waals surface area contributed by atoms with Crippen molar-refractivity contribution in [1.82, 2.24) is 0 Å². The third-order valence-corrected chi connectivity index (χ3v) is 3.49. The molecule has 1 atom stereocenters. The average molecular weight is 215 g/mol. The number of hydrogen-bond acceptors (Lipinski definition) is 2. The molecule has 84 valence electrons. The molecule has 2 heteroatoms. The molecule has 2 N–H and O–H groups in total. The summed E-state index contributed by atoms with van der Waals surface area (Å²) >= 11 is 0. The molecule has 0 saturated heterocycles. The summed E-state index contributed by atoms with van der Waals surface area (Å²) in [5.74, 6) is 1.59. The zero-order valence-electron chi connectivity index (χ0n) is 9.36. The Labute approximate surface area is 96.1 Å². The lowest BCUT2D eigenvalue weighted by Gasteiger charge is -2.29. The quantitative estimate of drug-likeness (QED) is 0.731. The molecule has 0 aromatic heterocycles. The first kappa shape index (κ1) is 9.91. The molecule has 2 nitrogen and oxygen atoms in total. The Morgan fingerprint density at radius 2 is 2.06 bits per heavy atom. The molecule has 1 aromatic carbocycles. The van der Waals surface area contributed by atoms with E-state index in [4.69, 9.17) is 10.5 Å². The van der Waals surface area contributed by atoms with Crippen LogP contribution in [-0.4, -0.2) is 12.6 Å². The minimum atomic E-state index is 0.404. The summed E-state index contributed by atoms with van der Waals surface area (Å²) in [4.78, 5) is 0. The van der Waals surface area contributed by atoms with E-state index in [0.29, 0.717) is 12.0 Å². The van der Waals surface area contributed by atoms with Gasteiger partial charge in [0, 0.05) is 17.5 Å². The smallest absolute Gasteiger partial charge is 0.123 e. The lowest BCUT2D eigenvalue weighted by molar-refractivity contribution is 0.278. The summed E-state index contributed by atoms with van der Waals surface area (Å²) < 4.78 is 5.65. The first-order chi connectivity index (χ1) is 7.83. The van der Waals surface area contributed by atoms with Gasteiger partial charge < -0.3 is 10.5 Å². The molecule has 16 heavy (non-hydrogen) atoms. The summed E-state index contributed by atoms with van der Waals surface area (Å²) in [5, 5.41) is 0. The second-order valence-corrected chi connectivity index (χ2v) is 4.77. The number of allylic oxidation sites excluding steroid dienone is 1. The number of hydrogen-bond donors (Lipinski definition) is 1. The predicted octanol–water partition coefficient (Wildman–Crippen LogP) is 2.60. The van der Waals surface area contributed by atoms with Gasteiger partial charge in [0.15, 0.2) is 0 Å². The summed E-state index contributed by atoms with van der Waals surface area (Å²) in [5.41, 5.74) is 8.66. The Morgan fingerprint density at radius 3 is 2.88 bits per heavy atom. The molecule has 0 spiro atoms. The van der Waals surface area contributed by atoms with Crippen LogP contribution in [0.15, 0.2) is 35.9 Å². The van der Waals surface area contributed by atoms with Crippen molar-refractivity contribution in [2.75, 3.05) is 6.61 Å². The van der Waals surface area contributed by atoms with Gasteiger partial charge in [0.1, 0.15) is 5.75 Å². The second kappa shape index (κ2) is 3.95. The zero-order valence-corrected chi connectivity index (χ0v) is 9.36. The van der Waals surface area contributed by atoms with E-state index in [-0.39, 0.29) is 0 Å². The minimum Gasteiger partial charge on any atom is -0.493 e. The summed E-state index contributed by atoms with van der Waals surface area (Å²) in [7, 11) is 0. The van der Waals surface area contributed by atoms with Crippen LogP contribution in [0.1, 0.15) is 30.7 Å². The van der Waals surface area contributed by atoms with Crippen molar-refractivity contribution < 1.29 is 4.74 Å². The maximum atomic E-state index is 5.80. The van der Waals surface area contributed by atoms with Gasteiger partial charge in [-0.3, -0.25) is 0 Å². The van der Waals surface area contributed by atoms with Gasteiger partial charge >= 0.3 is 0 Å². The first-order valence-corrected chi connectivity index (χ1v) is 6.00. The third kappa shape index (κ3) is 1.74. The Kier molecular flexibility index (Phi) is 2.44. The van der Waals surface area contributed by atoms with Crippen LogP contribution in [0.3, 0.4) is 0 Å². The van der Waals surface area contributed by atoms with E-state index in [2.05, 4.69) is 24.3 Å². The lowest BCUT2D eigenvalue weighted by atomic mass is 9.82. The summed E-state index contributed by atoms with van der Waals surface area (Å²) in [6.45, 7) is 0.831. The Balaban J connectivity index is 1.85. The Hall–Kier alpha value is -1.28. The molecular formula is C14H17NO. The van der Waals surface area contributed by atoms with E-state index in [1.165, 1.54) is 11.1 Å². The van der Waals surface area contributed by atoms with Crippen LogP contribution in [0.2, 0.25) is 0 Å². The predicted molar refractivity (Wildman–Crippen MR) is 64.6 cm³/mol. The molecule has 1 fully saturated rings. The second-order valence-electron chi connectivity index (χ2n) is 4.77. The molecule has 1 aliphatic heterocycles. The van der Waals surface area contributed by atoms with Gasteiger partial charge in [-0.1, -0.05) is 29.8 Å². The summed E-state index contributed by atoms with van der Waals surface area (Å²) in [6, 6.07) is 8.77. The molecular weight excluding hydrogens is 198 g/mol. The molecule has 1 aliphatic carbocycles. The molecule has 0 amide bonds. The highest BCUT2D eigenvalue weighted by Crippen LogP contribution is 2.37. The van der Waals surface area contributed by atoms with Gasteiger partial charge in [0.2, 0.25) is 0 Å². The SMILES string of the molecule is NC1CC(=CC2CCOc3ccccc32)C1. The molecule has 1 aromatic rings. The van der Waals surface area contributed by atoms with E-state index in [9.17, 15) is 0 Å². The average Bonchev–Trinajstić information content (AvgIpc) is 2.27. The Morgan fingerprint density at radius 1 is 1.25 bits per heavy atom. The van der Waals surface area contributed by atoms with E-state index in [1.54, 1.807) is 0 Å². The van der Waals surface area contributed by atoms with Crippen molar-refractivity contribution in [2.24, 2.45) is 5.73 Å². The van der Waals surface area contributed by atoms with Gasteiger partial charge in [-0.2, -0.15) is 0 Å². The largest absolute Gasteiger partial charge is 0.493 e. The van der Waals surface area contributed by atoms with Crippen LogP contribution in [-0.2, 0) is 0 Å². The maximum absolute atomic E-state index is 5.80. The van der Waals surface area contributed by atoms with Gasteiger partial charge in [-0.15, -0.1) is 0 Å². The van der Waals surface area contributed by atoms with Crippen LogP contribution in [0.25, 0.3) is 0 Å². The fourth-order valence-corrected chi connectivity index (χ4v) is 2.58. The molecule has 0 radical (unpaired) electrons. The molecule has 1 heterocycles. The van der Waals surface area contributed by atoms with Crippen LogP contribution in [0.4, 0.5) is 0 Å². The standard InChI is InChI=1S/C14H17NO/c15-12-8-10(9-12)7-11-5-6-16-14-4-2-1-3-13(11)14/h1-4,7,11-12H,5-6,8-9,15H2. The highest BCUT2D eigenvalue weighted by Gasteiger charge is 2.23. The minimum absolute atomic E-state index is 0.404. The van der Waals surface area contributed by atoms with Crippen molar-refractivity contribution in [3.63, 3.8) is 0 Å². The van der Waals surface area contributed by atoms with E-state index in [1.807, 2.05) is 6.07 Å². The first-order valence-electron chi connectivity index (χ1n) is 6.00. The highest BCUT2D eigenvalue weighted by molar-refractivity contribution is 5.41. The van der Waals surface area contributed by atoms with Crippen LogP contribution >= 0.6 is 0 Å². The monoisotopic (exact) mass is 215 g/mol. The number of fused-ring (bicyclic) bond motifs is 1. The number of nitrogens with two attached hydrogens (primary N) is 1. The third-order valence-electron chi connectivity index (χ3n) is 3.49. The zero-order chi connectivity index (χ0) is 11.0. The van der Waals surface area contributed by atoms with Crippen LogP contribution in [0.5, 0.6) is 5.75 Å². The van der Waals surface area contributed by atoms with Gasteiger partial charge in [-0.05, 0) is 25.3 Å². The van der Waals surface area contributed by atoms with Gasteiger partial charge in [0.25, 0.3) is 0 Å². The number of para-hydroxylation sites is 1. The maximum Gasteiger partial charge on any atom is 0.123 e. The topological polar surface area (TPSA) is 35.2 Å². The molecule has 3 rings (SSSR count). The molecule has 1 saturated carbocycles. The highest BCUT2D eigenvalue weighted by atomic mass is 16.5. The summed E-state index contributed by atoms with van der Waals surface area (Å²) in [6.07, 6.45) is 5.67. The van der Waals surface area contributed by atoms with Gasteiger partial charge in [-0.25, -0.2) is 0 Å². The van der Waals surface area contributed by atoms with E-state index < -0.39 is 0 Å². The normalized spacial score (nSPS) is 27.7. The van der Waals surface area contributed by atoms with Crippen molar-refractivity contribution in [3.05, 3.63) is 41.5 Å². The lowest BCUT2D eigenvalue weighted by Crippen LogP contribution is -2.30. The van der Waals surface area contributed by atoms with Crippen molar-refractivity contribution in [3.8, 4) is 5.75 Å². The van der Waals surface area contributed by atoms with Crippen molar-refractivity contribution in [1.29, 1.82) is 0 Å². The van der Waals surface area contributed by atoms with Crippen LogP contribution in [0, 0.1) is 0 Å². The van der Waals surface area contributed by atoms with Crippen molar-refractivity contribution >= 4 is 0 Å². The van der Waals surface area contributed by atoms with Crippen LogP contribution < -0.4 is 10.5 Å². The van der Waals surface area contributed by atoms with E-state index >= 15 is 0 Å².